The minimum absolute atomic E-state index is 0.00514. The second-order valence-corrected chi connectivity index (χ2v) is 4.62. The maximum atomic E-state index is 12.3. The van der Waals surface area contributed by atoms with Gasteiger partial charge < -0.3 is 15.2 Å². The number of anilines is 1. The molecule has 0 fully saturated rings. The van der Waals surface area contributed by atoms with Crippen molar-refractivity contribution < 1.29 is 19.4 Å². The molecule has 1 aliphatic heterocycles. The van der Waals surface area contributed by atoms with Gasteiger partial charge in [0.05, 0.1) is 17.4 Å². The molecule has 0 radical (unpaired) electrons. The van der Waals surface area contributed by atoms with Crippen LogP contribution in [0, 0.1) is 0 Å². The molecule has 6 nitrogen and oxygen atoms in total. The number of pyridine rings is 1. The van der Waals surface area contributed by atoms with Gasteiger partial charge in [-0.15, -0.1) is 0 Å². The summed E-state index contributed by atoms with van der Waals surface area (Å²) in [4.78, 5) is 27.3. The Morgan fingerprint density at radius 3 is 2.90 bits per heavy atom. The summed E-state index contributed by atoms with van der Waals surface area (Å²) in [6.07, 6.45) is 2.69. The number of aromatic nitrogens is 1. The van der Waals surface area contributed by atoms with Crippen molar-refractivity contribution in [3.63, 3.8) is 0 Å². The fourth-order valence-corrected chi connectivity index (χ4v) is 2.28. The molecule has 2 aromatic rings. The quantitative estimate of drug-likeness (QED) is 0.898. The van der Waals surface area contributed by atoms with E-state index in [-0.39, 0.29) is 23.8 Å². The molecule has 1 unspecified atom stereocenters. The summed E-state index contributed by atoms with van der Waals surface area (Å²) in [6, 6.07) is 8.64. The monoisotopic (exact) mass is 284 g/mol. The van der Waals surface area contributed by atoms with Gasteiger partial charge in [0.25, 0.3) is 0 Å². The molecule has 1 atom stereocenters. The Morgan fingerprint density at radius 2 is 2.10 bits per heavy atom. The molecule has 0 bridgehead atoms. The first-order chi connectivity index (χ1) is 10.2. The van der Waals surface area contributed by atoms with Crippen molar-refractivity contribution in [1.29, 1.82) is 0 Å². The first-order valence-electron chi connectivity index (χ1n) is 6.36. The lowest BCUT2D eigenvalue weighted by atomic mass is 10.0. The van der Waals surface area contributed by atoms with Crippen molar-refractivity contribution in [1.82, 2.24) is 4.98 Å². The standard InChI is InChI=1S/C15H12N2O4/c18-14(11-8-21-13-4-2-1-3-9(11)13)17-12-7-16-6-5-10(12)15(19)20/h1-7,11H,8H2,(H,17,18)(H,19,20). The highest BCUT2D eigenvalue weighted by Gasteiger charge is 2.30. The number of carboxylic acid groups (broad SMARTS) is 1. The second-order valence-electron chi connectivity index (χ2n) is 4.62. The Hall–Kier alpha value is -2.89. The van der Waals surface area contributed by atoms with Gasteiger partial charge in [-0.25, -0.2) is 4.79 Å². The highest BCUT2D eigenvalue weighted by molar-refractivity contribution is 6.02. The van der Waals surface area contributed by atoms with E-state index in [1.807, 2.05) is 18.2 Å². The van der Waals surface area contributed by atoms with Gasteiger partial charge >= 0.3 is 5.97 Å². The molecule has 106 valence electrons. The van der Waals surface area contributed by atoms with Crippen molar-refractivity contribution in [2.24, 2.45) is 0 Å². The number of fused-ring (bicyclic) bond motifs is 1. The average molecular weight is 284 g/mol. The zero-order valence-electron chi connectivity index (χ0n) is 10.9. The third-order valence-electron chi connectivity index (χ3n) is 3.33. The summed E-state index contributed by atoms with van der Waals surface area (Å²) in [6.45, 7) is 0.244. The maximum Gasteiger partial charge on any atom is 0.337 e. The number of hydrogen-bond acceptors (Lipinski definition) is 4. The Labute approximate surface area is 120 Å². The van der Waals surface area contributed by atoms with E-state index >= 15 is 0 Å². The summed E-state index contributed by atoms with van der Waals surface area (Å²) in [5.74, 6) is -1.20. The summed E-state index contributed by atoms with van der Waals surface area (Å²) in [5.41, 5.74) is 0.987. The number of amides is 1. The van der Waals surface area contributed by atoms with Gasteiger partial charge in [0.1, 0.15) is 18.3 Å². The molecule has 1 aromatic carbocycles. The number of carbonyl (C=O) groups is 2. The number of nitrogens with one attached hydrogen (secondary N) is 1. The number of aromatic carboxylic acids is 1. The van der Waals surface area contributed by atoms with Gasteiger partial charge in [-0.3, -0.25) is 9.78 Å². The molecule has 0 spiro atoms. The van der Waals surface area contributed by atoms with Crippen molar-refractivity contribution in [3.8, 4) is 5.75 Å². The van der Waals surface area contributed by atoms with Crippen molar-refractivity contribution in [2.45, 2.75) is 5.92 Å². The van der Waals surface area contributed by atoms with E-state index < -0.39 is 11.9 Å². The second kappa shape index (κ2) is 5.24. The zero-order chi connectivity index (χ0) is 14.8. The van der Waals surface area contributed by atoms with E-state index in [4.69, 9.17) is 9.84 Å². The van der Waals surface area contributed by atoms with Gasteiger partial charge in [0.2, 0.25) is 5.91 Å². The normalized spacial score (nSPS) is 15.9. The van der Waals surface area contributed by atoms with E-state index in [9.17, 15) is 9.59 Å². The number of para-hydroxylation sites is 1. The van der Waals surface area contributed by atoms with E-state index in [2.05, 4.69) is 10.3 Å². The molecule has 0 saturated carbocycles. The van der Waals surface area contributed by atoms with Crippen LogP contribution in [0.1, 0.15) is 21.8 Å². The molecule has 21 heavy (non-hydrogen) atoms. The first kappa shape index (κ1) is 13.1. The molecule has 3 rings (SSSR count). The Kier molecular flexibility index (Phi) is 3.27. The predicted octanol–water partition coefficient (Wildman–Crippen LogP) is 1.89. The van der Waals surface area contributed by atoms with Crippen LogP contribution in [0.5, 0.6) is 5.75 Å². The van der Waals surface area contributed by atoms with Crippen molar-refractivity contribution in [3.05, 3.63) is 53.9 Å². The topological polar surface area (TPSA) is 88.5 Å². The van der Waals surface area contributed by atoms with Gasteiger partial charge in [-0.1, -0.05) is 18.2 Å². The van der Waals surface area contributed by atoms with Crippen LogP contribution in [0.25, 0.3) is 0 Å². The first-order valence-corrected chi connectivity index (χ1v) is 6.36. The Morgan fingerprint density at radius 1 is 1.29 bits per heavy atom. The lowest BCUT2D eigenvalue weighted by Crippen LogP contribution is -2.23. The van der Waals surface area contributed by atoms with Crippen LogP contribution in [0.15, 0.2) is 42.7 Å². The van der Waals surface area contributed by atoms with Crippen LogP contribution < -0.4 is 10.1 Å². The van der Waals surface area contributed by atoms with Crippen LogP contribution >= 0.6 is 0 Å². The minimum Gasteiger partial charge on any atom is -0.492 e. The molecule has 2 N–H and O–H groups in total. The number of nitrogens with zero attached hydrogens (tertiary/aromatic N) is 1. The fourth-order valence-electron chi connectivity index (χ4n) is 2.28. The fraction of sp³-hybridized carbons (Fsp3) is 0.133. The van der Waals surface area contributed by atoms with Crippen LogP contribution in [-0.2, 0) is 4.79 Å². The maximum absolute atomic E-state index is 12.3. The summed E-state index contributed by atoms with van der Waals surface area (Å²) >= 11 is 0. The lowest BCUT2D eigenvalue weighted by Gasteiger charge is -2.11. The summed E-state index contributed by atoms with van der Waals surface area (Å²) < 4.78 is 5.45. The number of benzene rings is 1. The molecule has 1 aliphatic rings. The minimum atomic E-state index is -1.12. The third kappa shape index (κ3) is 2.43. The van der Waals surface area contributed by atoms with Gasteiger partial charge in [-0.05, 0) is 12.1 Å². The predicted molar refractivity (Wildman–Crippen MR) is 74.5 cm³/mol. The largest absolute Gasteiger partial charge is 0.492 e. The van der Waals surface area contributed by atoms with Crippen molar-refractivity contribution in [2.75, 3.05) is 11.9 Å². The molecular formula is C15H12N2O4. The highest BCUT2D eigenvalue weighted by Crippen LogP contribution is 2.34. The van der Waals surface area contributed by atoms with Crippen molar-refractivity contribution >= 4 is 17.6 Å². The van der Waals surface area contributed by atoms with E-state index in [0.717, 1.165) is 5.56 Å². The lowest BCUT2D eigenvalue weighted by molar-refractivity contribution is -0.117. The van der Waals surface area contributed by atoms with Crippen LogP contribution in [0.3, 0.4) is 0 Å². The zero-order valence-corrected chi connectivity index (χ0v) is 10.9. The summed E-state index contributed by atoms with van der Waals surface area (Å²) in [7, 11) is 0. The van der Waals surface area contributed by atoms with E-state index in [1.54, 1.807) is 6.07 Å². The summed E-state index contributed by atoms with van der Waals surface area (Å²) in [5, 5.41) is 11.7. The number of carbonyl (C=O) groups excluding carboxylic acids is 1. The van der Waals surface area contributed by atoms with Gasteiger partial charge in [0.15, 0.2) is 0 Å². The van der Waals surface area contributed by atoms with E-state index in [0.29, 0.717) is 5.75 Å². The molecule has 0 saturated heterocycles. The third-order valence-corrected chi connectivity index (χ3v) is 3.33. The van der Waals surface area contributed by atoms with Gasteiger partial charge in [-0.2, -0.15) is 0 Å². The molecule has 0 aliphatic carbocycles. The van der Waals surface area contributed by atoms with Crippen LogP contribution in [-0.4, -0.2) is 28.6 Å². The molecule has 1 amide bonds. The van der Waals surface area contributed by atoms with Crippen LogP contribution in [0.2, 0.25) is 0 Å². The van der Waals surface area contributed by atoms with E-state index in [1.165, 1.54) is 18.5 Å². The van der Waals surface area contributed by atoms with Gasteiger partial charge in [0, 0.05) is 11.8 Å². The number of rotatable bonds is 3. The highest BCUT2D eigenvalue weighted by atomic mass is 16.5. The SMILES string of the molecule is O=C(O)c1ccncc1NC(=O)C1COc2ccccc21. The number of carboxylic acids is 1. The van der Waals surface area contributed by atoms with Crippen LogP contribution in [0.4, 0.5) is 5.69 Å². The molecule has 6 heteroatoms. The number of hydrogen-bond donors (Lipinski definition) is 2. The smallest absolute Gasteiger partial charge is 0.337 e. The molecule has 2 heterocycles. The molecular weight excluding hydrogens is 272 g/mol. The average Bonchev–Trinajstić information content (AvgIpc) is 2.91. The Balaban J connectivity index is 1.84. The Bertz CT molecular complexity index is 714. The number of ether oxygens (including phenoxy) is 1. The molecule has 1 aromatic heterocycles.